The first kappa shape index (κ1) is 13.2. The average molecular weight is 272 g/mol. The van der Waals surface area contributed by atoms with Crippen molar-refractivity contribution in [1.82, 2.24) is 4.98 Å². The number of nitriles is 1. The van der Waals surface area contributed by atoms with Crippen LogP contribution >= 0.6 is 0 Å². The third-order valence-electron chi connectivity index (χ3n) is 2.73. The van der Waals surface area contributed by atoms with Gasteiger partial charge in [0.2, 0.25) is 0 Å². The van der Waals surface area contributed by atoms with Gasteiger partial charge in [0.05, 0.1) is 5.56 Å². The van der Waals surface area contributed by atoms with Gasteiger partial charge < -0.3 is 0 Å². The van der Waals surface area contributed by atoms with Crippen LogP contribution < -0.4 is 0 Å². The molecule has 0 radical (unpaired) electrons. The SMILES string of the molecule is Cc1nc(S(C)(=O)=O)c(C#N)cc1-c1ccccc1. The number of aromatic nitrogens is 1. The fourth-order valence-corrected chi connectivity index (χ4v) is 2.66. The van der Waals surface area contributed by atoms with E-state index in [0.717, 1.165) is 17.4 Å². The number of pyridine rings is 1. The molecule has 0 amide bonds. The molecule has 96 valence electrons. The summed E-state index contributed by atoms with van der Waals surface area (Å²) in [5.74, 6) is 0. The average Bonchev–Trinajstić information content (AvgIpc) is 2.38. The van der Waals surface area contributed by atoms with Gasteiger partial charge in [0, 0.05) is 17.5 Å². The molecule has 0 N–H and O–H groups in total. The van der Waals surface area contributed by atoms with Crippen molar-refractivity contribution >= 4 is 9.84 Å². The molecule has 0 spiro atoms. The van der Waals surface area contributed by atoms with E-state index in [1.807, 2.05) is 36.4 Å². The van der Waals surface area contributed by atoms with Crippen LogP contribution in [-0.4, -0.2) is 19.7 Å². The van der Waals surface area contributed by atoms with Crippen LogP contribution in [0.2, 0.25) is 0 Å². The van der Waals surface area contributed by atoms with Crippen molar-refractivity contribution in [2.24, 2.45) is 0 Å². The number of nitrogens with zero attached hydrogens (tertiary/aromatic N) is 2. The van der Waals surface area contributed by atoms with Gasteiger partial charge in [0.1, 0.15) is 6.07 Å². The molecule has 0 aliphatic carbocycles. The maximum absolute atomic E-state index is 11.6. The second-order valence-electron chi connectivity index (χ2n) is 4.22. The van der Waals surface area contributed by atoms with Crippen LogP contribution in [0, 0.1) is 18.3 Å². The molecule has 1 aromatic carbocycles. The van der Waals surface area contributed by atoms with Gasteiger partial charge in [-0.3, -0.25) is 0 Å². The fraction of sp³-hybridized carbons (Fsp3) is 0.143. The lowest BCUT2D eigenvalue weighted by molar-refractivity contribution is 0.597. The Bertz CT molecular complexity index is 760. The highest BCUT2D eigenvalue weighted by Gasteiger charge is 2.18. The molecule has 2 aromatic rings. The second kappa shape index (κ2) is 4.82. The lowest BCUT2D eigenvalue weighted by Gasteiger charge is -2.09. The minimum Gasteiger partial charge on any atom is -0.240 e. The van der Waals surface area contributed by atoms with Crippen LogP contribution in [0.1, 0.15) is 11.3 Å². The largest absolute Gasteiger partial charge is 0.240 e. The topological polar surface area (TPSA) is 70.8 Å². The summed E-state index contributed by atoms with van der Waals surface area (Å²) in [4.78, 5) is 4.08. The van der Waals surface area contributed by atoms with Gasteiger partial charge in [-0.1, -0.05) is 30.3 Å². The molecule has 19 heavy (non-hydrogen) atoms. The number of hydrogen-bond acceptors (Lipinski definition) is 4. The van der Waals surface area contributed by atoms with E-state index in [1.165, 1.54) is 0 Å². The molecule has 0 atom stereocenters. The second-order valence-corrected chi connectivity index (χ2v) is 6.16. The zero-order valence-corrected chi connectivity index (χ0v) is 11.4. The van der Waals surface area contributed by atoms with Gasteiger partial charge in [-0.05, 0) is 18.6 Å². The lowest BCUT2D eigenvalue weighted by Crippen LogP contribution is -2.06. The van der Waals surface area contributed by atoms with Gasteiger partial charge in [-0.25, -0.2) is 13.4 Å². The first-order chi connectivity index (χ1) is 8.93. The molecule has 0 aliphatic rings. The summed E-state index contributed by atoms with van der Waals surface area (Å²) in [7, 11) is -3.50. The molecule has 0 aliphatic heterocycles. The fourth-order valence-electron chi connectivity index (χ4n) is 1.86. The molecular formula is C14H12N2O2S. The maximum Gasteiger partial charge on any atom is 0.194 e. The van der Waals surface area contributed by atoms with Crippen molar-refractivity contribution in [3.05, 3.63) is 47.7 Å². The molecule has 4 nitrogen and oxygen atoms in total. The molecule has 0 bridgehead atoms. The van der Waals surface area contributed by atoms with E-state index in [2.05, 4.69) is 4.98 Å². The molecule has 2 rings (SSSR count). The minimum atomic E-state index is -3.50. The summed E-state index contributed by atoms with van der Waals surface area (Å²) >= 11 is 0. The number of aryl methyl sites for hydroxylation is 1. The zero-order valence-electron chi connectivity index (χ0n) is 10.6. The van der Waals surface area contributed by atoms with E-state index in [0.29, 0.717) is 5.69 Å². The summed E-state index contributed by atoms with van der Waals surface area (Å²) < 4.78 is 23.2. The molecule has 1 aromatic heterocycles. The van der Waals surface area contributed by atoms with Crippen LogP contribution in [0.5, 0.6) is 0 Å². The molecule has 1 heterocycles. The Morgan fingerprint density at radius 1 is 1.21 bits per heavy atom. The molecule has 0 saturated heterocycles. The Balaban J connectivity index is 2.72. The number of rotatable bonds is 2. The normalized spacial score (nSPS) is 11.0. The highest BCUT2D eigenvalue weighted by molar-refractivity contribution is 7.90. The number of hydrogen-bond donors (Lipinski definition) is 0. The van der Waals surface area contributed by atoms with Crippen LogP contribution in [0.3, 0.4) is 0 Å². The summed E-state index contributed by atoms with van der Waals surface area (Å²) in [6, 6.07) is 12.9. The van der Waals surface area contributed by atoms with Crippen LogP contribution in [0.4, 0.5) is 0 Å². The maximum atomic E-state index is 11.6. The van der Waals surface area contributed by atoms with Gasteiger partial charge in [-0.2, -0.15) is 5.26 Å². The summed E-state index contributed by atoms with van der Waals surface area (Å²) in [6.45, 7) is 1.73. The van der Waals surface area contributed by atoms with Gasteiger partial charge in [0.15, 0.2) is 14.9 Å². The molecule has 0 fully saturated rings. The van der Waals surface area contributed by atoms with Crippen molar-refractivity contribution in [3.8, 4) is 17.2 Å². The Morgan fingerprint density at radius 3 is 2.37 bits per heavy atom. The third kappa shape index (κ3) is 2.64. The van der Waals surface area contributed by atoms with Crippen LogP contribution in [0.25, 0.3) is 11.1 Å². The monoisotopic (exact) mass is 272 g/mol. The van der Waals surface area contributed by atoms with E-state index in [9.17, 15) is 8.42 Å². The van der Waals surface area contributed by atoms with Crippen molar-refractivity contribution in [2.75, 3.05) is 6.26 Å². The quantitative estimate of drug-likeness (QED) is 0.841. The van der Waals surface area contributed by atoms with E-state index in [1.54, 1.807) is 13.0 Å². The molecular weight excluding hydrogens is 260 g/mol. The third-order valence-corrected chi connectivity index (χ3v) is 3.75. The van der Waals surface area contributed by atoms with Crippen molar-refractivity contribution in [2.45, 2.75) is 11.9 Å². The Morgan fingerprint density at radius 2 is 1.84 bits per heavy atom. The smallest absolute Gasteiger partial charge is 0.194 e. The van der Waals surface area contributed by atoms with Gasteiger partial charge >= 0.3 is 0 Å². The summed E-state index contributed by atoms with van der Waals surface area (Å²) in [5, 5.41) is 8.93. The predicted molar refractivity (Wildman–Crippen MR) is 72.2 cm³/mol. The molecule has 5 heteroatoms. The Hall–Kier alpha value is -2.19. The van der Waals surface area contributed by atoms with Crippen LogP contribution in [-0.2, 0) is 9.84 Å². The zero-order chi connectivity index (χ0) is 14.0. The Labute approximate surface area is 112 Å². The Kier molecular flexibility index (Phi) is 3.36. The van der Waals surface area contributed by atoms with Crippen LogP contribution in [0.15, 0.2) is 41.4 Å². The van der Waals surface area contributed by atoms with Crippen molar-refractivity contribution in [3.63, 3.8) is 0 Å². The van der Waals surface area contributed by atoms with Crippen molar-refractivity contribution < 1.29 is 8.42 Å². The van der Waals surface area contributed by atoms with E-state index >= 15 is 0 Å². The first-order valence-corrected chi connectivity index (χ1v) is 7.50. The highest BCUT2D eigenvalue weighted by atomic mass is 32.2. The van der Waals surface area contributed by atoms with Crippen molar-refractivity contribution in [1.29, 1.82) is 5.26 Å². The lowest BCUT2D eigenvalue weighted by atomic mass is 10.0. The van der Waals surface area contributed by atoms with E-state index in [4.69, 9.17) is 5.26 Å². The number of benzene rings is 1. The molecule has 0 saturated carbocycles. The summed E-state index contributed by atoms with van der Waals surface area (Å²) in [6.07, 6.45) is 1.05. The molecule has 0 unspecified atom stereocenters. The van der Waals surface area contributed by atoms with Gasteiger partial charge in [-0.15, -0.1) is 0 Å². The predicted octanol–water partition coefficient (Wildman–Crippen LogP) is 2.33. The van der Waals surface area contributed by atoms with Gasteiger partial charge in [0.25, 0.3) is 0 Å². The first-order valence-electron chi connectivity index (χ1n) is 5.60. The van der Waals surface area contributed by atoms with E-state index in [-0.39, 0.29) is 10.6 Å². The van der Waals surface area contributed by atoms with E-state index < -0.39 is 9.84 Å². The standard InChI is InChI=1S/C14H12N2O2S/c1-10-13(11-6-4-3-5-7-11)8-12(9-15)14(16-10)19(2,17)18/h3-8H,1-2H3. The minimum absolute atomic E-state index is 0.0759. The number of sulfone groups is 1. The summed E-state index contributed by atoms with van der Waals surface area (Å²) in [5.41, 5.74) is 2.34. The highest BCUT2D eigenvalue weighted by Crippen LogP contribution is 2.25.